The fraction of sp³-hybridized carbons (Fsp3) is 0.278. The van der Waals surface area contributed by atoms with Crippen LogP contribution in [0.1, 0.15) is 18.1 Å². The monoisotopic (exact) mass is 360 g/mol. The van der Waals surface area contributed by atoms with Gasteiger partial charge in [0.05, 0.1) is 10.4 Å². The van der Waals surface area contributed by atoms with Crippen molar-refractivity contribution in [3.63, 3.8) is 0 Å². The van der Waals surface area contributed by atoms with Crippen molar-refractivity contribution >= 4 is 21.1 Å². The average Bonchev–Trinajstić information content (AvgIpc) is 2.89. The van der Waals surface area contributed by atoms with Gasteiger partial charge < -0.3 is 4.42 Å². The molecule has 0 saturated carbocycles. The number of rotatable bonds is 5. The van der Waals surface area contributed by atoms with E-state index in [1.165, 1.54) is 14.9 Å². The first kappa shape index (κ1) is 17.4. The van der Waals surface area contributed by atoms with Crippen LogP contribution in [0.3, 0.4) is 0 Å². The van der Waals surface area contributed by atoms with Crippen molar-refractivity contribution in [1.82, 2.24) is 8.87 Å². The molecule has 0 amide bonds. The molecule has 0 atom stereocenters. The predicted molar refractivity (Wildman–Crippen MR) is 96.0 cm³/mol. The molecule has 3 rings (SSSR count). The maximum Gasteiger partial charge on any atom is 0.419 e. The summed E-state index contributed by atoms with van der Waals surface area (Å²) in [5, 5.41) is 0. The molecule has 0 aliphatic heterocycles. The lowest BCUT2D eigenvalue weighted by Gasteiger charge is -2.18. The highest BCUT2D eigenvalue weighted by molar-refractivity contribution is 7.89. The minimum Gasteiger partial charge on any atom is -0.408 e. The van der Waals surface area contributed by atoms with Crippen molar-refractivity contribution in [3.8, 4) is 0 Å². The Hall–Kier alpha value is -2.38. The average molecular weight is 360 g/mol. The largest absolute Gasteiger partial charge is 0.419 e. The summed E-state index contributed by atoms with van der Waals surface area (Å²) in [4.78, 5) is 12.0. The Morgan fingerprint density at radius 2 is 1.84 bits per heavy atom. The van der Waals surface area contributed by atoms with E-state index in [4.69, 9.17) is 4.42 Å². The fourth-order valence-electron chi connectivity index (χ4n) is 2.87. The van der Waals surface area contributed by atoms with E-state index in [-0.39, 0.29) is 17.0 Å². The molecule has 0 aliphatic rings. The quantitative estimate of drug-likeness (QED) is 0.701. The number of hydrogen-bond donors (Lipinski definition) is 0. The zero-order chi connectivity index (χ0) is 18.2. The number of fused-ring (bicyclic) bond motifs is 1. The Kier molecular flexibility index (Phi) is 4.53. The van der Waals surface area contributed by atoms with Crippen molar-refractivity contribution < 1.29 is 12.8 Å². The molecule has 2 aromatic carbocycles. The summed E-state index contributed by atoms with van der Waals surface area (Å²) in [5.74, 6) is -0.482. The van der Waals surface area contributed by atoms with Gasteiger partial charge in [-0.2, -0.15) is 4.31 Å². The van der Waals surface area contributed by atoms with Crippen molar-refractivity contribution in [2.75, 3.05) is 7.05 Å². The second-order valence-corrected chi connectivity index (χ2v) is 7.96. The zero-order valence-electron chi connectivity index (χ0n) is 14.4. The molecule has 0 spiro atoms. The van der Waals surface area contributed by atoms with Gasteiger partial charge in [0, 0.05) is 26.2 Å². The molecule has 0 saturated heterocycles. The van der Waals surface area contributed by atoms with Gasteiger partial charge in [-0.3, -0.25) is 4.57 Å². The smallest absolute Gasteiger partial charge is 0.408 e. The molecule has 3 aromatic rings. The van der Waals surface area contributed by atoms with Gasteiger partial charge in [0.2, 0.25) is 10.0 Å². The first-order valence-corrected chi connectivity index (χ1v) is 9.43. The minimum atomic E-state index is -3.71. The molecule has 7 heteroatoms. The van der Waals surface area contributed by atoms with Crippen molar-refractivity contribution in [1.29, 1.82) is 0 Å². The maximum atomic E-state index is 13.0. The van der Waals surface area contributed by atoms with Crippen LogP contribution >= 0.6 is 0 Å². The first-order chi connectivity index (χ1) is 11.8. The van der Waals surface area contributed by atoms with Crippen molar-refractivity contribution in [2.24, 2.45) is 0 Å². The molecule has 0 unspecified atom stereocenters. The van der Waals surface area contributed by atoms with Crippen LogP contribution in [0.4, 0.5) is 0 Å². The number of aryl methyl sites for hydroxylation is 2. The summed E-state index contributed by atoms with van der Waals surface area (Å²) in [5.41, 5.74) is 2.37. The van der Waals surface area contributed by atoms with E-state index in [2.05, 4.69) is 0 Å². The van der Waals surface area contributed by atoms with Crippen LogP contribution in [0.15, 0.2) is 56.6 Å². The third-order valence-corrected chi connectivity index (χ3v) is 6.16. The lowest BCUT2D eigenvalue weighted by atomic mass is 10.2. The van der Waals surface area contributed by atoms with Crippen LogP contribution in [0.25, 0.3) is 11.1 Å². The van der Waals surface area contributed by atoms with Gasteiger partial charge >= 0.3 is 5.76 Å². The molecule has 6 nitrogen and oxygen atoms in total. The molecule has 132 valence electrons. The summed E-state index contributed by atoms with van der Waals surface area (Å²) in [6.07, 6.45) is 0. The molecule has 0 aliphatic carbocycles. The second kappa shape index (κ2) is 6.50. The normalized spacial score (nSPS) is 12.2. The lowest BCUT2D eigenvalue weighted by Crippen LogP contribution is -2.27. The van der Waals surface area contributed by atoms with Crippen LogP contribution in [0, 0.1) is 6.92 Å². The number of oxazole rings is 1. The van der Waals surface area contributed by atoms with E-state index in [0.717, 1.165) is 5.56 Å². The number of nitrogens with zero attached hydrogens (tertiary/aromatic N) is 2. The van der Waals surface area contributed by atoms with Gasteiger partial charge in [0.25, 0.3) is 0 Å². The van der Waals surface area contributed by atoms with Crippen molar-refractivity contribution in [3.05, 3.63) is 64.1 Å². The lowest BCUT2D eigenvalue weighted by molar-refractivity contribution is 0.466. The Balaban J connectivity index is 2.05. The Morgan fingerprint density at radius 3 is 2.48 bits per heavy atom. The van der Waals surface area contributed by atoms with E-state index in [1.807, 2.05) is 37.3 Å². The van der Waals surface area contributed by atoms with E-state index in [1.54, 1.807) is 20.0 Å². The molecule has 0 fully saturated rings. The van der Waals surface area contributed by atoms with Gasteiger partial charge in [0.1, 0.15) is 0 Å². The molecule has 1 heterocycles. The fourth-order valence-corrected chi connectivity index (χ4v) is 4.24. The zero-order valence-corrected chi connectivity index (χ0v) is 15.2. The summed E-state index contributed by atoms with van der Waals surface area (Å²) in [6.45, 7) is 4.29. The standard InChI is InChI=1S/C18H20N2O4S/c1-4-20-15-10-13(2)17(11-16(15)24-18(20)21)25(22,23)19(3)12-14-8-6-5-7-9-14/h5-11H,4,12H2,1-3H3. The highest BCUT2D eigenvalue weighted by Crippen LogP contribution is 2.26. The van der Waals surface area contributed by atoms with Crippen LogP contribution in [0.2, 0.25) is 0 Å². The second-order valence-electron chi connectivity index (χ2n) is 5.94. The predicted octanol–water partition coefficient (Wildman–Crippen LogP) is 2.74. The molecule has 0 bridgehead atoms. The van der Waals surface area contributed by atoms with Crippen LogP contribution in [0.5, 0.6) is 0 Å². The summed E-state index contributed by atoms with van der Waals surface area (Å²) in [7, 11) is -2.17. The van der Waals surface area contributed by atoms with Gasteiger partial charge in [-0.1, -0.05) is 30.3 Å². The SMILES string of the molecule is CCn1c(=O)oc2cc(S(=O)(=O)N(C)Cc3ccccc3)c(C)cc21. The maximum absolute atomic E-state index is 13.0. The molecular weight excluding hydrogens is 340 g/mol. The van der Waals surface area contributed by atoms with Gasteiger partial charge in [0.15, 0.2) is 5.58 Å². The first-order valence-electron chi connectivity index (χ1n) is 7.99. The van der Waals surface area contributed by atoms with Crippen molar-refractivity contribution in [2.45, 2.75) is 31.8 Å². The highest BCUT2D eigenvalue weighted by atomic mass is 32.2. The van der Waals surface area contributed by atoms with Crippen LogP contribution in [-0.2, 0) is 23.1 Å². The third-order valence-electron chi connectivity index (χ3n) is 4.22. The highest BCUT2D eigenvalue weighted by Gasteiger charge is 2.25. The molecule has 25 heavy (non-hydrogen) atoms. The Morgan fingerprint density at radius 1 is 1.16 bits per heavy atom. The summed E-state index contributed by atoms with van der Waals surface area (Å²) in [6, 6.07) is 12.5. The molecule has 0 radical (unpaired) electrons. The van der Waals surface area contributed by atoms with E-state index in [9.17, 15) is 13.2 Å². The topological polar surface area (TPSA) is 72.5 Å². The third kappa shape index (κ3) is 3.12. The van der Waals surface area contributed by atoms with E-state index < -0.39 is 15.8 Å². The van der Waals surface area contributed by atoms with E-state index in [0.29, 0.717) is 17.6 Å². The van der Waals surface area contributed by atoms with Gasteiger partial charge in [-0.25, -0.2) is 13.2 Å². The summed E-state index contributed by atoms with van der Waals surface area (Å²) < 4.78 is 33.9. The number of hydrogen-bond acceptors (Lipinski definition) is 4. The summed E-state index contributed by atoms with van der Waals surface area (Å²) >= 11 is 0. The molecule has 0 N–H and O–H groups in total. The number of aromatic nitrogens is 1. The van der Waals surface area contributed by atoms with Gasteiger partial charge in [-0.15, -0.1) is 0 Å². The van der Waals surface area contributed by atoms with Gasteiger partial charge in [-0.05, 0) is 31.0 Å². The number of sulfonamides is 1. The Labute approximate surface area is 146 Å². The minimum absolute atomic E-state index is 0.149. The van der Waals surface area contributed by atoms with Crippen LogP contribution in [-0.4, -0.2) is 24.3 Å². The number of benzene rings is 2. The van der Waals surface area contributed by atoms with Crippen LogP contribution < -0.4 is 5.76 Å². The molecule has 1 aromatic heterocycles. The molecular formula is C18H20N2O4S. The Bertz CT molecular complexity index is 1070. The van der Waals surface area contributed by atoms with E-state index >= 15 is 0 Å².